The van der Waals surface area contributed by atoms with E-state index in [1.54, 1.807) is 11.1 Å². The second-order valence-corrected chi connectivity index (χ2v) is 4.34. The zero-order valence-electron chi connectivity index (χ0n) is 8.78. The number of rotatable bonds is 1. The number of hydrogen-bond acceptors (Lipinski definition) is 3. The monoisotopic (exact) mass is 219 g/mol. The molecule has 2 atom stereocenters. The number of hydrogen-bond donors (Lipinski definition) is 1. The number of amides is 1. The highest BCUT2D eigenvalue weighted by molar-refractivity contribution is 5.67. The van der Waals surface area contributed by atoms with Crippen molar-refractivity contribution in [2.75, 3.05) is 18.0 Å². The molecule has 0 aromatic carbocycles. The predicted molar refractivity (Wildman–Crippen MR) is 58.5 cm³/mol. The SMILES string of the molecule is O=C(O)N1C[C@@H]2C[C@H]1CN2c1cccnc1. The molecule has 3 rings (SSSR count). The summed E-state index contributed by atoms with van der Waals surface area (Å²) in [5, 5.41) is 8.99. The maximum atomic E-state index is 10.9. The van der Waals surface area contributed by atoms with Gasteiger partial charge in [-0.15, -0.1) is 0 Å². The van der Waals surface area contributed by atoms with Crippen molar-refractivity contribution in [3.8, 4) is 0 Å². The summed E-state index contributed by atoms with van der Waals surface area (Å²) in [5.41, 5.74) is 1.10. The fraction of sp³-hybridized carbons (Fsp3) is 0.455. The number of aromatic nitrogens is 1. The van der Waals surface area contributed by atoms with Crippen molar-refractivity contribution in [2.24, 2.45) is 0 Å². The highest BCUT2D eigenvalue weighted by Gasteiger charge is 2.45. The van der Waals surface area contributed by atoms with E-state index in [1.807, 2.05) is 18.3 Å². The molecule has 0 aliphatic carbocycles. The third-order valence-corrected chi connectivity index (χ3v) is 3.46. The van der Waals surface area contributed by atoms with Crippen molar-refractivity contribution in [2.45, 2.75) is 18.5 Å². The van der Waals surface area contributed by atoms with E-state index in [1.165, 1.54) is 0 Å². The van der Waals surface area contributed by atoms with Gasteiger partial charge in [0.2, 0.25) is 0 Å². The van der Waals surface area contributed by atoms with E-state index in [0.29, 0.717) is 12.6 Å². The molecule has 1 amide bonds. The standard InChI is InChI=1S/C11H13N3O2/c15-11(16)14-7-9-4-10(14)6-13(9)8-2-1-3-12-5-8/h1-3,5,9-10H,4,6-7H2,(H,15,16)/t9-,10-/m0/s1. The second-order valence-electron chi connectivity index (χ2n) is 4.34. The van der Waals surface area contributed by atoms with Gasteiger partial charge in [-0.25, -0.2) is 4.79 Å². The zero-order valence-corrected chi connectivity index (χ0v) is 8.78. The topological polar surface area (TPSA) is 56.7 Å². The van der Waals surface area contributed by atoms with Crippen LogP contribution < -0.4 is 4.90 Å². The molecular weight excluding hydrogens is 206 g/mol. The first-order chi connectivity index (χ1) is 7.75. The molecule has 84 valence electrons. The molecule has 16 heavy (non-hydrogen) atoms. The van der Waals surface area contributed by atoms with Gasteiger partial charge in [0.15, 0.2) is 0 Å². The number of piperazine rings is 1. The Morgan fingerprint density at radius 2 is 2.31 bits per heavy atom. The van der Waals surface area contributed by atoms with Crippen LogP contribution in [0, 0.1) is 0 Å². The summed E-state index contributed by atoms with van der Waals surface area (Å²) in [6.45, 7) is 1.41. The fourth-order valence-electron chi connectivity index (χ4n) is 2.74. The summed E-state index contributed by atoms with van der Waals surface area (Å²) in [5.74, 6) is 0. The van der Waals surface area contributed by atoms with Crippen LogP contribution in [-0.4, -0.2) is 46.3 Å². The van der Waals surface area contributed by atoms with E-state index in [-0.39, 0.29) is 6.04 Å². The van der Waals surface area contributed by atoms with Gasteiger partial charge in [0.05, 0.1) is 17.9 Å². The van der Waals surface area contributed by atoms with Crippen LogP contribution in [0.25, 0.3) is 0 Å². The van der Waals surface area contributed by atoms with Gasteiger partial charge in [-0.3, -0.25) is 4.98 Å². The molecule has 3 heterocycles. The minimum Gasteiger partial charge on any atom is -0.465 e. The third kappa shape index (κ3) is 1.31. The first-order valence-electron chi connectivity index (χ1n) is 5.42. The molecule has 2 aliphatic heterocycles. The van der Waals surface area contributed by atoms with Gasteiger partial charge in [-0.1, -0.05) is 0 Å². The Kier molecular flexibility index (Phi) is 1.99. The summed E-state index contributed by atoms with van der Waals surface area (Å²) in [6.07, 6.45) is 3.74. The van der Waals surface area contributed by atoms with Gasteiger partial charge >= 0.3 is 6.09 Å². The molecule has 1 aromatic rings. The summed E-state index contributed by atoms with van der Waals surface area (Å²) in [6, 6.07) is 4.42. The van der Waals surface area contributed by atoms with Crippen molar-refractivity contribution in [3.63, 3.8) is 0 Å². The first-order valence-corrected chi connectivity index (χ1v) is 5.42. The Balaban J connectivity index is 1.79. The molecule has 5 nitrogen and oxygen atoms in total. The highest BCUT2D eigenvalue weighted by atomic mass is 16.4. The smallest absolute Gasteiger partial charge is 0.407 e. The van der Waals surface area contributed by atoms with Crippen LogP contribution in [0.15, 0.2) is 24.5 Å². The van der Waals surface area contributed by atoms with E-state index in [2.05, 4.69) is 9.88 Å². The summed E-state index contributed by atoms with van der Waals surface area (Å²) in [4.78, 5) is 18.8. The molecule has 5 heteroatoms. The Bertz CT molecular complexity index is 409. The average Bonchev–Trinajstić information content (AvgIpc) is 2.89. The van der Waals surface area contributed by atoms with Gasteiger partial charge in [0.1, 0.15) is 0 Å². The van der Waals surface area contributed by atoms with E-state index >= 15 is 0 Å². The number of carbonyl (C=O) groups is 1. The largest absolute Gasteiger partial charge is 0.465 e. The van der Waals surface area contributed by atoms with Crippen molar-refractivity contribution in [1.82, 2.24) is 9.88 Å². The lowest BCUT2D eigenvalue weighted by Gasteiger charge is -2.33. The van der Waals surface area contributed by atoms with E-state index in [9.17, 15) is 4.79 Å². The van der Waals surface area contributed by atoms with Crippen LogP contribution in [-0.2, 0) is 0 Å². The Labute approximate surface area is 93.3 Å². The minimum atomic E-state index is -0.793. The maximum absolute atomic E-state index is 10.9. The number of anilines is 1. The summed E-state index contributed by atoms with van der Waals surface area (Å²) < 4.78 is 0. The summed E-state index contributed by atoms with van der Waals surface area (Å²) in [7, 11) is 0. The van der Waals surface area contributed by atoms with Gasteiger partial charge in [-0.2, -0.15) is 0 Å². The van der Waals surface area contributed by atoms with Gasteiger partial charge in [0.25, 0.3) is 0 Å². The molecular formula is C11H13N3O2. The van der Waals surface area contributed by atoms with Crippen LogP contribution in [0.4, 0.5) is 10.5 Å². The Morgan fingerprint density at radius 1 is 1.44 bits per heavy atom. The molecule has 2 fully saturated rings. The van der Waals surface area contributed by atoms with E-state index < -0.39 is 6.09 Å². The molecule has 1 aromatic heterocycles. The molecule has 2 aliphatic rings. The second kappa shape index (κ2) is 3.37. The van der Waals surface area contributed by atoms with Crippen LogP contribution >= 0.6 is 0 Å². The highest BCUT2D eigenvalue weighted by Crippen LogP contribution is 2.33. The number of likely N-dealkylation sites (tertiary alicyclic amines) is 1. The molecule has 0 unspecified atom stereocenters. The lowest BCUT2D eigenvalue weighted by atomic mass is 10.2. The number of pyridine rings is 1. The summed E-state index contributed by atoms with van der Waals surface area (Å²) >= 11 is 0. The van der Waals surface area contributed by atoms with Crippen LogP contribution in [0.2, 0.25) is 0 Å². The minimum absolute atomic E-state index is 0.155. The van der Waals surface area contributed by atoms with E-state index in [4.69, 9.17) is 5.11 Å². The molecule has 2 bridgehead atoms. The zero-order chi connectivity index (χ0) is 11.1. The molecule has 2 saturated heterocycles. The van der Waals surface area contributed by atoms with Crippen molar-refractivity contribution in [3.05, 3.63) is 24.5 Å². The molecule has 0 radical (unpaired) electrons. The molecule has 0 spiro atoms. The average molecular weight is 219 g/mol. The number of carboxylic acid groups (broad SMARTS) is 1. The Morgan fingerprint density at radius 3 is 2.88 bits per heavy atom. The lowest BCUT2D eigenvalue weighted by Crippen LogP contribution is -2.48. The quantitative estimate of drug-likeness (QED) is 0.766. The van der Waals surface area contributed by atoms with E-state index in [0.717, 1.165) is 18.7 Å². The van der Waals surface area contributed by atoms with Crippen molar-refractivity contribution in [1.29, 1.82) is 0 Å². The van der Waals surface area contributed by atoms with Gasteiger partial charge < -0.3 is 14.9 Å². The predicted octanol–water partition coefficient (Wildman–Crippen LogP) is 1.02. The maximum Gasteiger partial charge on any atom is 0.407 e. The van der Waals surface area contributed by atoms with Gasteiger partial charge in [-0.05, 0) is 18.6 Å². The first kappa shape index (κ1) is 9.45. The lowest BCUT2D eigenvalue weighted by molar-refractivity contribution is 0.137. The number of nitrogens with zero attached hydrogens (tertiary/aromatic N) is 3. The van der Waals surface area contributed by atoms with Crippen molar-refractivity contribution < 1.29 is 9.90 Å². The number of fused-ring (bicyclic) bond motifs is 2. The van der Waals surface area contributed by atoms with Crippen LogP contribution in [0.5, 0.6) is 0 Å². The molecule has 0 saturated carbocycles. The van der Waals surface area contributed by atoms with Gasteiger partial charge in [0, 0.05) is 25.3 Å². The molecule has 1 N–H and O–H groups in total. The Hall–Kier alpha value is -1.78. The third-order valence-electron chi connectivity index (χ3n) is 3.46. The van der Waals surface area contributed by atoms with Crippen molar-refractivity contribution >= 4 is 11.8 Å². The van der Waals surface area contributed by atoms with Crippen LogP contribution in [0.1, 0.15) is 6.42 Å². The van der Waals surface area contributed by atoms with Crippen LogP contribution in [0.3, 0.4) is 0 Å². The fourth-order valence-corrected chi connectivity index (χ4v) is 2.74. The normalized spacial score (nSPS) is 27.5.